The third-order valence-electron chi connectivity index (χ3n) is 9.45. The molecule has 0 fully saturated rings. The van der Waals surface area contributed by atoms with Crippen molar-refractivity contribution in [3.05, 3.63) is 33.2 Å². The van der Waals surface area contributed by atoms with Gasteiger partial charge in [0.2, 0.25) is 0 Å². The predicted octanol–water partition coefficient (Wildman–Crippen LogP) is 16.1. The minimum Gasteiger partial charge on any atom is -0.492 e. The Morgan fingerprint density at radius 1 is 0.348 bits per heavy atom. The zero-order valence-corrected chi connectivity index (χ0v) is 33.3. The normalized spacial score (nSPS) is 11.5. The van der Waals surface area contributed by atoms with Crippen molar-refractivity contribution < 1.29 is 9.47 Å². The van der Waals surface area contributed by atoms with Gasteiger partial charge in [0, 0.05) is 0 Å². The second-order valence-corrected chi connectivity index (χ2v) is 15.5. The van der Waals surface area contributed by atoms with Gasteiger partial charge in [-0.15, -0.1) is 0 Å². The van der Waals surface area contributed by atoms with Crippen LogP contribution in [0.4, 0.5) is 0 Å². The van der Waals surface area contributed by atoms with Crippen LogP contribution in [0.25, 0.3) is 10.8 Å². The highest BCUT2D eigenvalue weighted by atomic mass is 79.9. The van der Waals surface area contributed by atoms with Crippen LogP contribution in [0.1, 0.15) is 194 Å². The molecule has 0 spiro atoms. The number of hydrogen-bond acceptors (Lipinski definition) is 2. The molecule has 264 valence electrons. The van der Waals surface area contributed by atoms with E-state index in [0.29, 0.717) is 0 Å². The molecule has 0 radical (unpaired) electrons. The molecule has 0 saturated carbocycles. The Labute approximate surface area is 302 Å². The Balaban J connectivity index is 1.51. The van der Waals surface area contributed by atoms with Gasteiger partial charge in [-0.25, -0.2) is 0 Å². The SMILES string of the molecule is CCCCCCCCCCCCCCCCOc1cc2cc(Br)c(OCCCCCCCCCCCCCCCC)cc2cc1Br. The molecule has 0 aliphatic rings. The van der Waals surface area contributed by atoms with Crippen LogP contribution in [0.3, 0.4) is 0 Å². The van der Waals surface area contributed by atoms with E-state index in [-0.39, 0.29) is 0 Å². The first-order valence-corrected chi connectivity index (χ1v) is 21.4. The first-order valence-electron chi connectivity index (χ1n) is 19.8. The summed E-state index contributed by atoms with van der Waals surface area (Å²) < 4.78 is 14.4. The lowest BCUT2D eigenvalue weighted by molar-refractivity contribution is 0.302. The molecule has 4 heteroatoms. The van der Waals surface area contributed by atoms with Crippen LogP contribution in [0.2, 0.25) is 0 Å². The van der Waals surface area contributed by atoms with Gasteiger partial charge in [-0.05, 0) is 79.7 Å². The van der Waals surface area contributed by atoms with E-state index in [0.717, 1.165) is 46.5 Å². The number of unbranched alkanes of at least 4 members (excludes halogenated alkanes) is 26. The van der Waals surface area contributed by atoms with Crippen molar-refractivity contribution in [1.29, 1.82) is 0 Å². The van der Waals surface area contributed by atoms with Crippen LogP contribution in [-0.4, -0.2) is 13.2 Å². The molecule has 2 rings (SSSR count). The Kier molecular flexibility index (Phi) is 26.3. The highest BCUT2D eigenvalue weighted by molar-refractivity contribution is 9.11. The Hall–Kier alpha value is -0.740. The van der Waals surface area contributed by atoms with Gasteiger partial charge in [0.1, 0.15) is 11.5 Å². The van der Waals surface area contributed by atoms with Crippen LogP contribution in [0, 0.1) is 0 Å². The van der Waals surface area contributed by atoms with Crippen LogP contribution >= 0.6 is 31.9 Å². The highest BCUT2D eigenvalue weighted by Crippen LogP contribution is 2.36. The molecule has 2 nitrogen and oxygen atoms in total. The van der Waals surface area contributed by atoms with Crippen molar-refractivity contribution in [2.45, 2.75) is 194 Å². The Morgan fingerprint density at radius 3 is 0.848 bits per heavy atom. The summed E-state index contributed by atoms with van der Waals surface area (Å²) in [5.41, 5.74) is 0. The summed E-state index contributed by atoms with van der Waals surface area (Å²) in [5.74, 6) is 1.87. The third-order valence-corrected chi connectivity index (χ3v) is 10.7. The number of ether oxygens (including phenoxy) is 2. The van der Waals surface area contributed by atoms with E-state index in [2.05, 4.69) is 70.0 Å². The molecule has 2 aromatic rings. The molecule has 2 aromatic carbocycles. The van der Waals surface area contributed by atoms with Gasteiger partial charge in [0.25, 0.3) is 0 Å². The molecule has 0 aliphatic carbocycles. The van der Waals surface area contributed by atoms with Crippen LogP contribution < -0.4 is 9.47 Å². The first kappa shape index (κ1) is 41.4. The summed E-state index contributed by atoms with van der Waals surface area (Å²) in [4.78, 5) is 0. The monoisotopic (exact) mass is 764 g/mol. The molecule has 46 heavy (non-hydrogen) atoms. The number of rotatable bonds is 32. The molecular formula is C42H70Br2O2. The minimum absolute atomic E-state index is 0.781. The standard InChI is InChI=1S/C42H70Br2O2/c1-3-5-7-9-11-13-15-17-19-21-23-25-27-29-31-45-41-35-37-34-40(44)42(36-38(37)33-39(41)43)46-32-30-28-26-24-22-20-18-16-14-12-10-8-6-4-2/h33-36H,3-32H2,1-2H3. The molecule has 0 aliphatic heterocycles. The van der Waals surface area contributed by atoms with Gasteiger partial charge in [-0.3, -0.25) is 0 Å². The van der Waals surface area contributed by atoms with E-state index in [1.54, 1.807) is 0 Å². The van der Waals surface area contributed by atoms with Crippen molar-refractivity contribution in [1.82, 2.24) is 0 Å². The lowest BCUT2D eigenvalue weighted by atomic mass is 10.0. The number of fused-ring (bicyclic) bond motifs is 1. The van der Waals surface area contributed by atoms with E-state index >= 15 is 0 Å². The largest absolute Gasteiger partial charge is 0.492 e. The zero-order valence-electron chi connectivity index (χ0n) is 30.1. The number of benzene rings is 2. The van der Waals surface area contributed by atoms with Crippen LogP contribution in [0.5, 0.6) is 11.5 Å². The van der Waals surface area contributed by atoms with Crippen molar-refractivity contribution >= 4 is 42.6 Å². The third kappa shape index (κ3) is 20.6. The topological polar surface area (TPSA) is 18.5 Å². The van der Waals surface area contributed by atoms with Gasteiger partial charge in [-0.1, -0.05) is 181 Å². The van der Waals surface area contributed by atoms with Crippen LogP contribution in [-0.2, 0) is 0 Å². The summed E-state index contributed by atoms with van der Waals surface area (Å²) >= 11 is 7.50. The van der Waals surface area contributed by atoms with Gasteiger partial charge in [0.15, 0.2) is 0 Å². The van der Waals surface area contributed by atoms with E-state index < -0.39 is 0 Å². The summed E-state index contributed by atoms with van der Waals surface area (Å²) in [6.45, 7) is 6.15. The van der Waals surface area contributed by atoms with Crippen molar-refractivity contribution in [2.75, 3.05) is 13.2 Å². The molecule has 0 amide bonds. The van der Waals surface area contributed by atoms with E-state index in [1.165, 1.54) is 178 Å². The molecule has 0 atom stereocenters. The fraction of sp³-hybridized carbons (Fsp3) is 0.762. The quantitative estimate of drug-likeness (QED) is 0.0691. The smallest absolute Gasteiger partial charge is 0.134 e. The average molecular weight is 767 g/mol. The maximum absolute atomic E-state index is 6.19. The second kappa shape index (κ2) is 29.2. The molecular weight excluding hydrogens is 696 g/mol. The van der Waals surface area contributed by atoms with Crippen molar-refractivity contribution in [2.24, 2.45) is 0 Å². The number of hydrogen-bond donors (Lipinski definition) is 0. The molecule has 0 aromatic heterocycles. The Morgan fingerprint density at radius 2 is 0.587 bits per heavy atom. The molecule has 0 N–H and O–H groups in total. The van der Waals surface area contributed by atoms with Gasteiger partial charge >= 0.3 is 0 Å². The molecule has 0 saturated heterocycles. The van der Waals surface area contributed by atoms with Crippen molar-refractivity contribution in [3.8, 4) is 11.5 Å². The summed E-state index contributed by atoms with van der Waals surface area (Å²) in [7, 11) is 0. The lowest BCUT2D eigenvalue weighted by Crippen LogP contribution is -1.99. The highest BCUT2D eigenvalue weighted by Gasteiger charge is 2.09. The summed E-state index contributed by atoms with van der Waals surface area (Å²) in [5, 5.41) is 2.35. The first-order chi connectivity index (χ1) is 22.7. The van der Waals surface area contributed by atoms with Gasteiger partial charge < -0.3 is 9.47 Å². The van der Waals surface area contributed by atoms with E-state index in [1.807, 2.05) is 0 Å². The zero-order chi connectivity index (χ0) is 32.9. The molecule has 0 heterocycles. The van der Waals surface area contributed by atoms with E-state index in [9.17, 15) is 0 Å². The summed E-state index contributed by atoms with van der Waals surface area (Å²) in [6, 6.07) is 8.65. The maximum Gasteiger partial charge on any atom is 0.134 e. The van der Waals surface area contributed by atoms with Crippen molar-refractivity contribution in [3.63, 3.8) is 0 Å². The predicted molar refractivity (Wildman–Crippen MR) is 211 cm³/mol. The fourth-order valence-corrected chi connectivity index (χ4v) is 7.38. The second-order valence-electron chi connectivity index (χ2n) is 13.8. The van der Waals surface area contributed by atoms with E-state index in [4.69, 9.17) is 9.47 Å². The average Bonchev–Trinajstić information content (AvgIpc) is 3.05. The Bertz CT molecular complexity index is 912. The minimum atomic E-state index is 0.781. The summed E-state index contributed by atoms with van der Waals surface area (Å²) in [6.07, 6.45) is 38.6. The fourth-order valence-electron chi connectivity index (χ4n) is 6.43. The molecule has 0 bridgehead atoms. The van der Waals surface area contributed by atoms with Crippen LogP contribution in [0.15, 0.2) is 33.2 Å². The van der Waals surface area contributed by atoms with Gasteiger partial charge in [-0.2, -0.15) is 0 Å². The number of halogens is 2. The van der Waals surface area contributed by atoms with Gasteiger partial charge in [0.05, 0.1) is 22.2 Å². The molecule has 0 unspecified atom stereocenters. The maximum atomic E-state index is 6.19. The lowest BCUT2D eigenvalue weighted by Gasteiger charge is -2.13.